The predicted molar refractivity (Wildman–Crippen MR) is 40.9 cm³/mol. The number of carboxylic acid groups (broad SMARTS) is 1. The Balaban J connectivity index is 2.37. The average Bonchev–Trinajstić information content (AvgIpc) is 2.29. The highest BCUT2D eigenvalue weighted by atomic mass is 16.5. The Kier molecular flexibility index (Phi) is 3.02. The van der Waals surface area contributed by atoms with Gasteiger partial charge < -0.3 is 14.9 Å². The second-order valence-corrected chi connectivity index (χ2v) is 2.93. The van der Waals surface area contributed by atoms with Crippen molar-refractivity contribution in [2.75, 3.05) is 26.7 Å². The van der Waals surface area contributed by atoms with Crippen LogP contribution >= 0.6 is 0 Å². The third-order valence-corrected chi connectivity index (χ3v) is 1.97. The molecule has 0 aliphatic carbocycles. The Bertz CT molecular complexity index is 173. The number of hydrogen-bond acceptors (Lipinski definition) is 4. The first-order valence-electron chi connectivity index (χ1n) is 3.78. The molecule has 0 radical (unpaired) electrons. The number of nitrogens with zero attached hydrogens (tertiary/aromatic N) is 1. The van der Waals surface area contributed by atoms with E-state index in [9.17, 15) is 9.90 Å². The highest BCUT2D eigenvalue weighted by Gasteiger charge is 2.31. The van der Waals surface area contributed by atoms with Gasteiger partial charge in [0.15, 0.2) is 0 Å². The number of aliphatic hydroxyl groups excluding tert-OH is 1. The monoisotopic (exact) mass is 175 g/mol. The fourth-order valence-electron chi connectivity index (χ4n) is 1.38. The lowest BCUT2D eigenvalue weighted by Gasteiger charge is -2.11. The highest BCUT2D eigenvalue weighted by molar-refractivity contribution is 5.69. The molecule has 0 aromatic heterocycles. The van der Waals surface area contributed by atoms with Crippen LogP contribution in [0.2, 0.25) is 0 Å². The molecule has 1 saturated heterocycles. The third kappa shape index (κ3) is 2.17. The maximum Gasteiger partial charge on any atom is 0.317 e. The van der Waals surface area contributed by atoms with Crippen molar-refractivity contribution in [1.82, 2.24) is 4.90 Å². The van der Waals surface area contributed by atoms with Crippen molar-refractivity contribution in [3.8, 4) is 0 Å². The molecule has 1 heterocycles. The second kappa shape index (κ2) is 3.84. The van der Waals surface area contributed by atoms with Crippen LogP contribution in [0.3, 0.4) is 0 Å². The topological polar surface area (TPSA) is 70.0 Å². The quantitative estimate of drug-likeness (QED) is 0.561. The number of carboxylic acids is 1. The molecule has 5 heteroatoms. The summed E-state index contributed by atoms with van der Waals surface area (Å²) in [6.45, 7) is 0.839. The van der Waals surface area contributed by atoms with E-state index in [1.54, 1.807) is 4.90 Å². The minimum atomic E-state index is -0.876. The van der Waals surface area contributed by atoms with Gasteiger partial charge in [0.1, 0.15) is 0 Å². The summed E-state index contributed by atoms with van der Waals surface area (Å²) in [6, 6.07) is 0. The second-order valence-electron chi connectivity index (χ2n) is 2.93. The summed E-state index contributed by atoms with van der Waals surface area (Å²) in [5, 5.41) is 17.8. The van der Waals surface area contributed by atoms with Gasteiger partial charge in [0, 0.05) is 20.2 Å². The van der Waals surface area contributed by atoms with Gasteiger partial charge in [-0.15, -0.1) is 0 Å². The Morgan fingerprint density at radius 1 is 1.67 bits per heavy atom. The number of ether oxygens (including phenoxy) is 1. The number of methoxy groups -OCH3 is 1. The molecule has 0 unspecified atom stereocenters. The van der Waals surface area contributed by atoms with Crippen molar-refractivity contribution >= 4 is 5.97 Å². The summed E-state index contributed by atoms with van der Waals surface area (Å²) >= 11 is 0. The van der Waals surface area contributed by atoms with Gasteiger partial charge in [-0.05, 0) is 0 Å². The first-order chi connectivity index (χ1) is 5.63. The van der Waals surface area contributed by atoms with E-state index < -0.39 is 12.1 Å². The van der Waals surface area contributed by atoms with Crippen molar-refractivity contribution in [3.05, 3.63) is 0 Å². The first-order valence-corrected chi connectivity index (χ1v) is 3.78. The fourth-order valence-corrected chi connectivity index (χ4v) is 1.38. The smallest absolute Gasteiger partial charge is 0.317 e. The number of likely N-dealkylation sites (tertiary alicyclic amines) is 1. The number of hydrogen-bond donors (Lipinski definition) is 2. The number of aliphatic hydroxyl groups is 1. The molecule has 2 atom stereocenters. The van der Waals surface area contributed by atoms with Crippen molar-refractivity contribution in [3.63, 3.8) is 0 Å². The molecular formula is C7H13NO4. The van der Waals surface area contributed by atoms with Gasteiger partial charge in [0.25, 0.3) is 0 Å². The molecule has 0 spiro atoms. The van der Waals surface area contributed by atoms with Crippen molar-refractivity contribution in [2.45, 2.75) is 12.2 Å². The molecule has 1 aliphatic heterocycles. The van der Waals surface area contributed by atoms with Gasteiger partial charge in [-0.25, -0.2) is 0 Å². The van der Waals surface area contributed by atoms with E-state index in [4.69, 9.17) is 9.84 Å². The zero-order chi connectivity index (χ0) is 9.14. The lowest BCUT2D eigenvalue weighted by molar-refractivity contribution is -0.138. The molecule has 70 valence electrons. The lowest BCUT2D eigenvalue weighted by Crippen LogP contribution is -2.28. The Morgan fingerprint density at radius 2 is 2.33 bits per heavy atom. The highest BCUT2D eigenvalue weighted by Crippen LogP contribution is 2.11. The molecule has 0 bridgehead atoms. The number of β-amino-alcohol motifs (C(OH)–C–C–N with tert-alkyl or cyclic N) is 1. The van der Waals surface area contributed by atoms with Crippen molar-refractivity contribution in [1.29, 1.82) is 0 Å². The molecular weight excluding hydrogens is 162 g/mol. The van der Waals surface area contributed by atoms with Gasteiger partial charge in [-0.1, -0.05) is 0 Å². The van der Waals surface area contributed by atoms with Crippen LogP contribution in [-0.4, -0.2) is 60.0 Å². The fraction of sp³-hybridized carbons (Fsp3) is 0.857. The summed E-state index contributed by atoms with van der Waals surface area (Å²) in [7, 11) is 1.51. The standard InChI is InChI=1S/C7H13NO4/c1-12-6-3-8(2-5(6)9)4-7(10)11/h5-6,9H,2-4H2,1H3,(H,10,11)/t5-,6+/m0/s1. The molecule has 2 N–H and O–H groups in total. The normalized spacial score (nSPS) is 30.8. The maximum absolute atomic E-state index is 10.3. The van der Waals surface area contributed by atoms with E-state index in [1.807, 2.05) is 0 Å². The minimum Gasteiger partial charge on any atom is -0.480 e. The first kappa shape index (κ1) is 9.44. The van der Waals surface area contributed by atoms with Gasteiger partial charge in [-0.2, -0.15) is 0 Å². The zero-order valence-electron chi connectivity index (χ0n) is 6.93. The van der Waals surface area contributed by atoms with Crippen molar-refractivity contribution < 1.29 is 19.7 Å². The molecule has 1 aliphatic rings. The van der Waals surface area contributed by atoms with Gasteiger partial charge >= 0.3 is 5.97 Å². The molecule has 1 rings (SSSR count). The van der Waals surface area contributed by atoms with Crippen LogP contribution in [0.1, 0.15) is 0 Å². The average molecular weight is 175 g/mol. The Hall–Kier alpha value is -0.650. The van der Waals surface area contributed by atoms with E-state index in [0.717, 1.165) is 0 Å². The minimum absolute atomic E-state index is 0.0308. The van der Waals surface area contributed by atoms with E-state index in [2.05, 4.69) is 0 Å². The SMILES string of the molecule is CO[C@@H]1CN(CC(=O)O)C[C@@H]1O. The number of rotatable bonds is 3. The number of aliphatic carboxylic acids is 1. The zero-order valence-corrected chi connectivity index (χ0v) is 6.93. The maximum atomic E-state index is 10.3. The largest absolute Gasteiger partial charge is 0.480 e. The summed E-state index contributed by atoms with van der Waals surface area (Å²) in [6.07, 6.45) is -0.807. The Labute approximate surface area is 70.5 Å². The van der Waals surface area contributed by atoms with Crippen LogP contribution < -0.4 is 0 Å². The van der Waals surface area contributed by atoms with Crippen LogP contribution in [0.15, 0.2) is 0 Å². The summed E-state index contributed by atoms with van der Waals surface area (Å²) < 4.78 is 4.95. The summed E-state index contributed by atoms with van der Waals surface area (Å²) in [5.41, 5.74) is 0. The van der Waals surface area contributed by atoms with E-state index in [1.165, 1.54) is 7.11 Å². The molecule has 0 amide bonds. The molecule has 0 saturated carbocycles. The lowest BCUT2D eigenvalue weighted by atomic mass is 10.3. The van der Waals surface area contributed by atoms with Crippen LogP contribution in [0, 0.1) is 0 Å². The van der Waals surface area contributed by atoms with Crippen LogP contribution in [-0.2, 0) is 9.53 Å². The van der Waals surface area contributed by atoms with E-state index in [0.29, 0.717) is 13.1 Å². The van der Waals surface area contributed by atoms with Crippen molar-refractivity contribution in [2.24, 2.45) is 0 Å². The predicted octanol–water partition coefficient (Wildman–Crippen LogP) is -1.24. The van der Waals surface area contributed by atoms with Gasteiger partial charge in [0.05, 0.1) is 18.8 Å². The molecule has 12 heavy (non-hydrogen) atoms. The molecule has 0 aromatic rings. The Morgan fingerprint density at radius 3 is 2.75 bits per heavy atom. The molecule has 5 nitrogen and oxygen atoms in total. The van der Waals surface area contributed by atoms with Gasteiger partial charge in [-0.3, -0.25) is 9.69 Å². The van der Waals surface area contributed by atoms with E-state index >= 15 is 0 Å². The van der Waals surface area contributed by atoms with Crippen LogP contribution in [0.25, 0.3) is 0 Å². The molecule has 0 aromatic carbocycles. The van der Waals surface area contributed by atoms with Crippen LogP contribution in [0.5, 0.6) is 0 Å². The third-order valence-electron chi connectivity index (χ3n) is 1.97. The van der Waals surface area contributed by atoms with Gasteiger partial charge in [0.2, 0.25) is 0 Å². The van der Waals surface area contributed by atoms with Crippen LogP contribution in [0.4, 0.5) is 0 Å². The molecule has 1 fully saturated rings. The summed E-state index contributed by atoms with van der Waals surface area (Å²) in [4.78, 5) is 11.9. The van der Waals surface area contributed by atoms with E-state index in [-0.39, 0.29) is 12.6 Å². The number of carbonyl (C=O) groups is 1. The summed E-state index contributed by atoms with van der Waals surface area (Å²) in [5.74, 6) is -0.876.